The van der Waals surface area contributed by atoms with E-state index >= 15 is 0 Å². The number of aromatic amines is 1. The quantitative estimate of drug-likeness (QED) is 0.468. The zero-order valence-corrected chi connectivity index (χ0v) is 15.7. The van der Waals surface area contributed by atoms with E-state index in [1.807, 2.05) is 26.0 Å². The van der Waals surface area contributed by atoms with E-state index in [1.165, 1.54) is 25.9 Å². The number of pyridine rings is 1. The third-order valence-corrected chi connectivity index (χ3v) is 5.59. The second kappa shape index (κ2) is 8.45. The van der Waals surface area contributed by atoms with Gasteiger partial charge in [0.05, 0.1) is 6.21 Å². The van der Waals surface area contributed by atoms with E-state index in [9.17, 15) is 4.79 Å². The summed E-state index contributed by atoms with van der Waals surface area (Å²) in [4.78, 5) is 24.8. The van der Waals surface area contributed by atoms with E-state index in [2.05, 4.69) is 21.1 Å². The Kier molecular flexibility index (Phi) is 6.04. The van der Waals surface area contributed by atoms with Gasteiger partial charge in [0, 0.05) is 33.1 Å². The highest BCUT2D eigenvalue weighted by molar-refractivity contribution is 7.17. The molecule has 0 saturated carbocycles. The Morgan fingerprint density at radius 1 is 1.36 bits per heavy atom. The van der Waals surface area contributed by atoms with Crippen LogP contribution in [-0.2, 0) is 11.3 Å². The third kappa shape index (κ3) is 4.58. The van der Waals surface area contributed by atoms with Gasteiger partial charge >= 0.3 is 0 Å². The molecule has 0 bridgehead atoms. The average molecular weight is 359 g/mol. The van der Waals surface area contributed by atoms with Crippen LogP contribution in [0.4, 0.5) is 0 Å². The zero-order valence-electron chi connectivity index (χ0n) is 14.9. The standard InChI is InChI=1S/C19H25N3O2S/c1-3-15-12-17(14(2)21-19(15)23)18-7-6-16(25-18)13-20-24-11-10-22-8-4-5-9-22/h6-7,12-13H,3-5,8-11H2,1-2H3,(H,21,23). The highest BCUT2D eigenvalue weighted by Crippen LogP contribution is 2.29. The first-order valence-corrected chi connectivity index (χ1v) is 9.69. The fraction of sp³-hybridized carbons (Fsp3) is 0.474. The van der Waals surface area contributed by atoms with Crippen LogP contribution in [0.15, 0.2) is 28.1 Å². The smallest absolute Gasteiger partial charge is 0.251 e. The molecule has 0 aromatic carbocycles. The van der Waals surface area contributed by atoms with Crippen LogP contribution in [0.5, 0.6) is 0 Å². The van der Waals surface area contributed by atoms with Crippen LogP contribution in [-0.4, -0.2) is 42.3 Å². The van der Waals surface area contributed by atoms with Gasteiger partial charge < -0.3 is 9.82 Å². The molecule has 0 radical (unpaired) electrons. The van der Waals surface area contributed by atoms with E-state index in [-0.39, 0.29) is 5.56 Å². The summed E-state index contributed by atoms with van der Waals surface area (Å²) in [5.74, 6) is 0. The Morgan fingerprint density at radius 2 is 2.16 bits per heavy atom. The molecule has 6 heteroatoms. The van der Waals surface area contributed by atoms with Crippen LogP contribution < -0.4 is 5.56 Å². The van der Waals surface area contributed by atoms with Crippen LogP contribution in [0.3, 0.4) is 0 Å². The van der Waals surface area contributed by atoms with Crippen molar-refractivity contribution in [1.82, 2.24) is 9.88 Å². The van der Waals surface area contributed by atoms with E-state index in [0.717, 1.165) is 39.5 Å². The van der Waals surface area contributed by atoms with Crippen molar-refractivity contribution < 1.29 is 4.84 Å². The highest BCUT2D eigenvalue weighted by Gasteiger charge is 2.11. The first kappa shape index (κ1) is 17.9. The largest absolute Gasteiger partial charge is 0.394 e. The van der Waals surface area contributed by atoms with Gasteiger partial charge in [-0.3, -0.25) is 9.69 Å². The minimum absolute atomic E-state index is 0.00787. The lowest BCUT2D eigenvalue weighted by Crippen LogP contribution is -2.23. The predicted molar refractivity (Wildman–Crippen MR) is 104 cm³/mol. The number of nitrogens with one attached hydrogen (secondary N) is 1. The number of oxime groups is 1. The van der Waals surface area contributed by atoms with Gasteiger partial charge in [0.1, 0.15) is 6.61 Å². The molecule has 1 fully saturated rings. The van der Waals surface area contributed by atoms with Crippen molar-refractivity contribution in [3.05, 3.63) is 44.7 Å². The Hall–Kier alpha value is -1.92. The Labute approximate surface area is 152 Å². The number of thiophene rings is 1. The number of nitrogens with zero attached hydrogens (tertiary/aromatic N) is 2. The lowest BCUT2D eigenvalue weighted by molar-refractivity contribution is 0.120. The second-order valence-corrected chi connectivity index (χ2v) is 7.45. The number of hydrogen-bond acceptors (Lipinski definition) is 5. The second-order valence-electron chi connectivity index (χ2n) is 6.33. The first-order chi connectivity index (χ1) is 12.2. The van der Waals surface area contributed by atoms with Crippen molar-refractivity contribution in [1.29, 1.82) is 0 Å². The van der Waals surface area contributed by atoms with Crippen molar-refractivity contribution in [2.75, 3.05) is 26.2 Å². The molecule has 2 aromatic rings. The summed E-state index contributed by atoms with van der Waals surface area (Å²) in [5, 5.41) is 4.08. The molecule has 0 atom stereocenters. The van der Waals surface area contributed by atoms with Crippen molar-refractivity contribution >= 4 is 17.6 Å². The van der Waals surface area contributed by atoms with Gasteiger partial charge in [-0.2, -0.15) is 0 Å². The van der Waals surface area contributed by atoms with Crippen LogP contribution in [0, 0.1) is 6.92 Å². The van der Waals surface area contributed by atoms with Gasteiger partial charge in [-0.05, 0) is 57.5 Å². The maximum atomic E-state index is 11.9. The summed E-state index contributed by atoms with van der Waals surface area (Å²) in [7, 11) is 0. The molecule has 25 heavy (non-hydrogen) atoms. The average Bonchev–Trinajstić information content (AvgIpc) is 3.26. The van der Waals surface area contributed by atoms with Crippen molar-refractivity contribution in [2.24, 2.45) is 5.16 Å². The SMILES string of the molecule is CCc1cc(-c2ccc(C=NOCCN3CCCC3)s2)c(C)[nH]c1=O. The lowest BCUT2D eigenvalue weighted by atomic mass is 10.1. The summed E-state index contributed by atoms with van der Waals surface area (Å²) in [6.07, 6.45) is 5.09. The zero-order chi connectivity index (χ0) is 17.6. The molecule has 1 aliphatic rings. The summed E-state index contributed by atoms with van der Waals surface area (Å²) in [6, 6.07) is 6.09. The normalized spacial score (nSPS) is 15.3. The fourth-order valence-corrected chi connectivity index (χ4v) is 4.01. The van der Waals surface area contributed by atoms with Gasteiger partial charge in [0.2, 0.25) is 0 Å². The van der Waals surface area contributed by atoms with E-state index in [1.54, 1.807) is 17.6 Å². The van der Waals surface area contributed by atoms with E-state index in [0.29, 0.717) is 6.61 Å². The summed E-state index contributed by atoms with van der Waals surface area (Å²) in [6.45, 7) is 7.87. The minimum atomic E-state index is 0.00787. The number of aromatic nitrogens is 1. The molecular weight excluding hydrogens is 334 g/mol. The molecule has 0 spiro atoms. The molecule has 3 rings (SSSR count). The molecule has 0 unspecified atom stereocenters. The van der Waals surface area contributed by atoms with Crippen molar-refractivity contribution in [2.45, 2.75) is 33.1 Å². The molecule has 1 aliphatic heterocycles. The minimum Gasteiger partial charge on any atom is -0.394 e. The monoisotopic (exact) mass is 359 g/mol. The molecule has 0 aliphatic carbocycles. The van der Waals surface area contributed by atoms with Gasteiger partial charge in [0.25, 0.3) is 5.56 Å². The lowest BCUT2D eigenvalue weighted by Gasteiger charge is -2.12. The van der Waals surface area contributed by atoms with Crippen LogP contribution in [0.25, 0.3) is 10.4 Å². The molecule has 0 amide bonds. The topological polar surface area (TPSA) is 57.7 Å². The van der Waals surface area contributed by atoms with Gasteiger partial charge in [-0.15, -0.1) is 11.3 Å². The Balaban J connectivity index is 1.60. The number of hydrogen-bond donors (Lipinski definition) is 1. The molecule has 1 N–H and O–H groups in total. The van der Waals surface area contributed by atoms with E-state index in [4.69, 9.17) is 4.84 Å². The van der Waals surface area contributed by atoms with Gasteiger partial charge in [-0.1, -0.05) is 12.1 Å². The number of likely N-dealkylation sites (tertiary alicyclic amines) is 1. The molecule has 5 nitrogen and oxygen atoms in total. The highest BCUT2D eigenvalue weighted by atomic mass is 32.1. The summed E-state index contributed by atoms with van der Waals surface area (Å²) >= 11 is 1.65. The molecule has 134 valence electrons. The number of aryl methyl sites for hydroxylation is 2. The predicted octanol–water partition coefficient (Wildman–Crippen LogP) is 3.42. The van der Waals surface area contributed by atoms with Crippen molar-refractivity contribution in [3.63, 3.8) is 0 Å². The molecule has 3 heterocycles. The molecule has 2 aromatic heterocycles. The number of H-pyrrole nitrogens is 1. The third-order valence-electron chi connectivity index (χ3n) is 4.54. The summed E-state index contributed by atoms with van der Waals surface area (Å²) in [5.41, 5.74) is 2.80. The fourth-order valence-electron chi connectivity index (χ4n) is 3.07. The Morgan fingerprint density at radius 3 is 2.92 bits per heavy atom. The Bertz CT molecular complexity index is 788. The van der Waals surface area contributed by atoms with Crippen LogP contribution >= 0.6 is 11.3 Å². The van der Waals surface area contributed by atoms with Crippen LogP contribution in [0.2, 0.25) is 0 Å². The molecule has 1 saturated heterocycles. The number of rotatable bonds is 7. The van der Waals surface area contributed by atoms with Gasteiger partial charge in [-0.25, -0.2) is 0 Å². The van der Waals surface area contributed by atoms with Crippen LogP contribution in [0.1, 0.15) is 35.9 Å². The maximum absolute atomic E-state index is 11.9. The van der Waals surface area contributed by atoms with E-state index < -0.39 is 0 Å². The van der Waals surface area contributed by atoms with Crippen molar-refractivity contribution in [3.8, 4) is 10.4 Å². The molecular formula is C19H25N3O2S. The first-order valence-electron chi connectivity index (χ1n) is 8.88. The van der Waals surface area contributed by atoms with Gasteiger partial charge in [0.15, 0.2) is 0 Å². The maximum Gasteiger partial charge on any atom is 0.251 e. The summed E-state index contributed by atoms with van der Waals surface area (Å²) < 4.78 is 0.